The van der Waals surface area contributed by atoms with Crippen LogP contribution in [0.25, 0.3) is 0 Å². The molecular formula is C18H18ClNO2. The number of hydrogen-bond acceptors (Lipinski definition) is 3. The van der Waals surface area contributed by atoms with Gasteiger partial charge in [-0.2, -0.15) is 0 Å². The van der Waals surface area contributed by atoms with Gasteiger partial charge in [0.05, 0.1) is 7.11 Å². The molecule has 0 spiro atoms. The Labute approximate surface area is 135 Å². The minimum atomic E-state index is -0.514. The van der Waals surface area contributed by atoms with Gasteiger partial charge >= 0.3 is 5.97 Å². The number of fused-ring (bicyclic) bond motifs is 1. The van der Waals surface area contributed by atoms with E-state index in [0.717, 1.165) is 30.6 Å². The van der Waals surface area contributed by atoms with Crippen LogP contribution in [0.4, 0.5) is 5.69 Å². The summed E-state index contributed by atoms with van der Waals surface area (Å²) in [5.74, 6) is -0.287. The van der Waals surface area contributed by atoms with Gasteiger partial charge < -0.3 is 9.64 Å². The molecule has 0 bridgehead atoms. The summed E-state index contributed by atoms with van der Waals surface area (Å²) < 4.78 is 5.05. The van der Waals surface area contributed by atoms with Crippen LogP contribution in [0.3, 0.4) is 0 Å². The Morgan fingerprint density at radius 1 is 1.18 bits per heavy atom. The highest BCUT2D eigenvalue weighted by Crippen LogP contribution is 2.36. The Kier molecular flexibility index (Phi) is 4.34. The van der Waals surface area contributed by atoms with Gasteiger partial charge in [0, 0.05) is 22.8 Å². The van der Waals surface area contributed by atoms with Crippen molar-refractivity contribution in [3.8, 4) is 0 Å². The number of carbonyl (C=O) groups excluding carboxylic acids is 1. The molecule has 1 aliphatic rings. The number of rotatable bonds is 3. The van der Waals surface area contributed by atoms with Gasteiger partial charge in [-0.25, -0.2) is 4.79 Å². The molecule has 1 heterocycles. The van der Waals surface area contributed by atoms with Gasteiger partial charge in [0.25, 0.3) is 0 Å². The molecule has 0 radical (unpaired) electrons. The van der Waals surface area contributed by atoms with Crippen molar-refractivity contribution < 1.29 is 9.53 Å². The molecule has 114 valence electrons. The van der Waals surface area contributed by atoms with E-state index in [2.05, 4.69) is 17.0 Å². The lowest BCUT2D eigenvalue weighted by molar-refractivity contribution is -0.142. The summed E-state index contributed by atoms with van der Waals surface area (Å²) in [6.07, 6.45) is 2.04. The molecule has 0 aliphatic carbocycles. The summed E-state index contributed by atoms with van der Waals surface area (Å²) in [6, 6.07) is 15.1. The first kappa shape index (κ1) is 14.9. The van der Waals surface area contributed by atoms with Crippen LogP contribution >= 0.6 is 11.6 Å². The van der Waals surface area contributed by atoms with Crippen LogP contribution in [0.2, 0.25) is 5.02 Å². The molecule has 1 atom stereocenters. The van der Waals surface area contributed by atoms with Gasteiger partial charge in [0.2, 0.25) is 0 Å². The first-order valence-electron chi connectivity index (χ1n) is 7.39. The minimum Gasteiger partial charge on any atom is -0.467 e. The van der Waals surface area contributed by atoms with Gasteiger partial charge in [-0.1, -0.05) is 48.0 Å². The quantitative estimate of drug-likeness (QED) is 0.802. The summed E-state index contributed by atoms with van der Waals surface area (Å²) in [7, 11) is 1.42. The second-order valence-corrected chi connectivity index (χ2v) is 5.78. The fourth-order valence-corrected chi connectivity index (χ4v) is 3.30. The molecule has 1 unspecified atom stereocenters. The topological polar surface area (TPSA) is 29.5 Å². The molecule has 4 heteroatoms. The molecule has 0 saturated carbocycles. The van der Waals surface area contributed by atoms with Crippen LogP contribution in [0.15, 0.2) is 48.5 Å². The largest absolute Gasteiger partial charge is 0.467 e. The van der Waals surface area contributed by atoms with E-state index in [1.807, 2.05) is 36.4 Å². The van der Waals surface area contributed by atoms with Gasteiger partial charge in [-0.05, 0) is 30.5 Å². The predicted molar refractivity (Wildman–Crippen MR) is 88.3 cm³/mol. The van der Waals surface area contributed by atoms with Crippen LogP contribution < -0.4 is 4.90 Å². The number of esters is 1. The lowest BCUT2D eigenvalue weighted by Crippen LogP contribution is -2.38. The number of nitrogens with zero attached hydrogens (tertiary/aromatic N) is 1. The van der Waals surface area contributed by atoms with Crippen molar-refractivity contribution in [1.29, 1.82) is 0 Å². The second-order valence-electron chi connectivity index (χ2n) is 5.37. The zero-order chi connectivity index (χ0) is 15.5. The van der Waals surface area contributed by atoms with Crippen molar-refractivity contribution >= 4 is 23.3 Å². The third kappa shape index (κ3) is 2.69. The van der Waals surface area contributed by atoms with E-state index in [-0.39, 0.29) is 5.97 Å². The lowest BCUT2D eigenvalue weighted by atomic mass is 9.97. The van der Waals surface area contributed by atoms with E-state index in [1.54, 1.807) is 0 Å². The third-order valence-electron chi connectivity index (χ3n) is 4.08. The number of aryl methyl sites for hydroxylation is 1. The van der Waals surface area contributed by atoms with Crippen LogP contribution in [0.1, 0.15) is 23.6 Å². The maximum Gasteiger partial charge on any atom is 0.333 e. The van der Waals surface area contributed by atoms with Crippen LogP contribution in [-0.4, -0.2) is 19.6 Å². The molecule has 0 fully saturated rings. The van der Waals surface area contributed by atoms with E-state index < -0.39 is 6.04 Å². The van der Waals surface area contributed by atoms with Crippen LogP contribution in [0, 0.1) is 0 Å². The third-order valence-corrected chi connectivity index (χ3v) is 4.43. The van der Waals surface area contributed by atoms with E-state index >= 15 is 0 Å². The summed E-state index contributed by atoms with van der Waals surface area (Å²) in [6.45, 7) is 0.808. The normalized spacial score (nSPS) is 15.1. The summed E-state index contributed by atoms with van der Waals surface area (Å²) in [5.41, 5.74) is 3.13. The molecule has 0 aromatic heterocycles. The van der Waals surface area contributed by atoms with E-state index in [4.69, 9.17) is 16.3 Å². The highest BCUT2D eigenvalue weighted by molar-refractivity contribution is 6.31. The number of methoxy groups -OCH3 is 1. The Morgan fingerprint density at radius 2 is 1.91 bits per heavy atom. The SMILES string of the molecule is COC(=O)C(c1ccccc1Cl)N1CCCc2ccccc21. The van der Waals surface area contributed by atoms with Crippen molar-refractivity contribution in [2.45, 2.75) is 18.9 Å². The Balaban J connectivity index is 2.09. The molecule has 3 nitrogen and oxygen atoms in total. The van der Waals surface area contributed by atoms with Crippen LogP contribution in [0.5, 0.6) is 0 Å². The van der Waals surface area contributed by atoms with Gasteiger partial charge in [-0.15, -0.1) is 0 Å². The molecule has 2 aromatic carbocycles. The number of ether oxygens (including phenoxy) is 1. The van der Waals surface area contributed by atoms with Crippen molar-refractivity contribution in [2.24, 2.45) is 0 Å². The second kappa shape index (κ2) is 6.41. The maximum absolute atomic E-state index is 12.5. The minimum absolute atomic E-state index is 0.287. The fourth-order valence-electron chi connectivity index (χ4n) is 3.06. The van der Waals surface area contributed by atoms with Crippen molar-refractivity contribution in [3.63, 3.8) is 0 Å². The number of para-hydroxylation sites is 1. The Hall–Kier alpha value is -2.00. The summed E-state index contributed by atoms with van der Waals surface area (Å²) in [4.78, 5) is 14.6. The van der Waals surface area contributed by atoms with Crippen molar-refractivity contribution in [1.82, 2.24) is 0 Å². The van der Waals surface area contributed by atoms with E-state index in [0.29, 0.717) is 5.02 Å². The molecule has 0 amide bonds. The standard InChI is InChI=1S/C18H18ClNO2/c1-22-18(21)17(14-9-3-4-10-15(14)19)20-12-6-8-13-7-2-5-11-16(13)20/h2-5,7,9-11,17H,6,8,12H2,1H3. The number of benzene rings is 2. The Bertz CT molecular complexity index is 686. The van der Waals surface area contributed by atoms with E-state index in [1.165, 1.54) is 12.7 Å². The van der Waals surface area contributed by atoms with Crippen molar-refractivity contribution in [3.05, 3.63) is 64.7 Å². The van der Waals surface area contributed by atoms with Gasteiger partial charge in [0.15, 0.2) is 6.04 Å². The maximum atomic E-state index is 12.5. The average molecular weight is 316 g/mol. The molecule has 2 aromatic rings. The molecule has 0 N–H and O–H groups in total. The number of halogens is 1. The molecule has 1 aliphatic heterocycles. The summed E-state index contributed by atoms with van der Waals surface area (Å²) in [5, 5.41) is 0.584. The zero-order valence-electron chi connectivity index (χ0n) is 12.5. The molecule has 3 rings (SSSR count). The number of carbonyl (C=O) groups is 1. The highest BCUT2D eigenvalue weighted by atomic mass is 35.5. The molecule has 0 saturated heterocycles. The number of hydrogen-bond donors (Lipinski definition) is 0. The highest BCUT2D eigenvalue weighted by Gasteiger charge is 2.32. The van der Waals surface area contributed by atoms with Gasteiger partial charge in [0.1, 0.15) is 0 Å². The van der Waals surface area contributed by atoms with Crippen molar-refractivity contribution in [2.75, 3.05) is 18.6 Å². The van der Waals surface area contributed by atoms with Crippen LogP contribution in [-0.2, 0) is 16.0 Å². The van der Waals surface area contributed by atoms with E-state index in [9.17, 15) is 4.79 Å². The van der Waals surface area contributed by atoms with Gasteiger partial charge in [-0.3, -0.25) is 0 Å². The first-order valence-corrected chi connectivity index (χ1v) is 7.77. The summed E-state index contributed by atoms with van der Waals surface area (Å²) >= 11 is 6.33. The Morgan fingerprint density at radius 3 is 2.68 bits per heavy atom. The first-order chi connectivity index (χ1) is 10.7. The predicted octanol–water partition coefficient (Wildman–Crippen LogP) is 4.01. The smallest absolute Gasteiger partial charge is 0.333 e. The zero-order valence-corrected chi connectivity index (χ0v) is 13.2. The average Bonchev–Trinajstić information content (AvgIpc) is 2.57. The molecule has 22 heavy (non-hydrogen) atoms. The number of anilines is 1. The fraction of sp³-hybridized carbons (Fsp3) is 0.278. The lowest BCUT2D eigenvalue weighted by Gasteiger charge is -2.36. The monoisotopic (exact) mass is 315 g/mol. The molecular weight excluding hydrogens is 298 g/mol.